The minimum Gasteiger partial charge on any atom is -0.479 e. The highest BCUT2D eigenvalue weighted by molar-refractivity contribution is 5.91. The molecule has 130 valence electrons. The molecule has 2 aromatic rings. The number of nitrogens with zero attached hydrogens (tertiary/aromatic N) is 1. The van der Waals surface area contributed by atoms with Crippen molar-refractivity contribution in [1.29, 1.82) is 0 Å². The van der Waals surface area contributed by atoms with Gasteiger partial charge in [0.05, 0.1) is 12.3 Å². The summed E-state index contributed by atoms with van der Waals surface area (Å²) in [6.45, 7) is 0.252. The van der Waals surface area contributed by atoms with Gasteiger partial charge in [-0.25, -0.2) is 9.18 Å². The summed E-state index contributed by atoms with van der Waals surface area (Å²) in [6.07, 6.45) is 5.16. The van der Waals surface area contributed by atoms with E-state index in [9.17, 15) is 14.3 Å². The van der Waals surface area contributed by atoms with Gasteiger partial charge in [0.2, 0.25) is 0 Å². The molecular formula is C19H19FN2O3. The summed E-state index contributed by atoms with van der Waals surface area (Å²) in [5.74, 6) is 2.08. The first-order chi connectivity index (χ1) is 12.1. The van der Waals surface area contributed by atoms with Crippen molar-refractivity contribution in [1.82, 2.24) is 4.90 Å². The number of amides is 2. The van der Waals surface area contributed by atoms with Crippen LogP contribution in [0.3, 0.4) is 0 Å². The monoisotopic (exact) mass is 342 g/mol. The molecule has 0 saturated carbocycles. The van der Waals surface area contributed by atoms with Crippen LogP contribution in [0, 0.1) is 18.2 Å². The summed E-state index contributed by atoms with van der Waals surface area (Å²) in [7, 11) is 0. The molecule has 2 N–H and O–H groups in total. The van der Waals surface area contributed by atoms with E-state index in [-0.39, 0.29) is 31.2 Å². The van der Waals surface area contributed by atoms with Gasteiger partial charge in [-0.05, 0) is 17.7 Å². The number of carbonyl (C=O) groups excluding carboxylic acids is 1. The van der Waals surface area contributed by atoms with Crippen LogP contribution < -0.4 is 10.1 Å². The summed E-state index contributed by atoms with van der Waals surface area (Å²) in [4.78, 5) is 14.0. The number of aliphatic hydroxyl groups excluding tert-OH is 1. The highest BCUT2D eigenvalue weighted by Crippen LogP contribution is 2.26. The van der Waals surface area contributed by atoms with Crippen LogP contribution in [0.4, 0.5) is 14.9 Å². The third kappa shape index (κ3) is 5.52. The second-order valence-corrected chi connectivity index (χ2v) is 5.19. The maximum absolute atomic E-state index is 13.5. The Morgan fingerprint density at radius 1 is 1.28 bits per heavy atom. The second-order valence-electron chi connectivity index (χ2n) is 5.19. The molecule has 5 nitrogen and oxygen atoms in total. The number of terminal acetylenes is 1. The molecule has 0 aliphatic carbocycles. The third-order valence-corrected chi connectivity index (χ3v) is 3.37. The van der Waals surface area contributed by atoms with Gasteiger partial charge in [-0.15, -0.1) is 6.42 Å². The minimum absolute atomic E-state index is 0.00112. The van der Waals surface area contributed by atoms with Gasteiger partial charge in [-0.2, -0.15) is 0 Å². The SMILES string of the molecule is C#CCOc1ccc(F)cc1NC(=O)N(CCO)Cc1ccccc1. The summed E-state index contributed by atoms with van der Waals surface area (Å²) in [5.41, 5.74) is 1.09. The summed E-state index contributed by atoms with van der Waals surface area (Å²) < 4.78 is 18.8. The van der Waals surface area contributed by atoms with Gasteiger partial charge < -0.3 is 20.1 Å². The lowest BCUT2D eigenvalue weighted by atomic mass is 10.2. The van der Waals surface area contributed by atoms with Gasteiger partial charge in [0, 0.05) is 19.2 Å². The van der Waals surface area contributed by atoms with Crippen molar-refractivity contribution in [3.8, 4) is 18.1 Å². The van der Waals surface area contributed by atoms with Crippen molar-refractivity contribution in [3.05, 3.63) is 59.9 Å². The van der Waals surface area contributed by atoms with E-state index in [1.165, 1.54) is 17.0 Å². The molecule has 2 aromatic carbocycles. The van der Waals surface area contributed by atoms with Crippen LogP contribution in [0.5, 0.6) is 5.75 Å². The number of ether oxygens (including phenoxy) is 1. The predicted octanol–water partition coefficient (Wildman–Crippen LogP) is 2.86. The molecule has 0 aliphatic heterocycles. The second kappa shape index (κ2) is 9.30. The maximum atomic E-state index is 13.5. The first kappa shape index (κ1) is 18.3. The molecule has 0 unspecified atom stereocenters. The fraction of sp³-hybridized carbons (Fsp3) is 0.211. The number of aliphatic hydroxyl groups is 1. The van der Waals surface area contributed by atoms with Crippen molar-refractivity contribution in [3.63, 3.8) is 0 Å². The Morgan fingerprint density at radius 2 is 2.04 bits per heavy atom. The van der Waals surface area contributed by atoms with Crippen LogP contribution in [0.15, 0.2) is 48.5 Å². The van der Waals surface area contributed by atoms with E-state index < -0.39 is 11.8 Å². The molecule has 6 heteroatoms. The van der Waals surface area contributed by atoms with Gasteiger partial charge in [0.1, 0.15) is 18.2 Å². The number of hydrogen-bond donors (Lipinski definition) is 2. The number of urea groups is 1. The third-order valence-electron chi connectivity index (χ3n) is 3.37. The minimum atomic E-state index is -0.514. The van der Waals surface area contributed by atoms with Crippen LogP contribution in [0.2, 0.25) is 0 Å². The van der Waals surface area contributed by atoms with E-state index in [1.54, 1.807) is 0 Å². The Balaban J connectivity index is 2.15. The molecule has 0 aromatic heterocycles. The fourth-order valence-corrected chi connectivity index (χ4v) is 2.22. The first-order valence-electron chi connectivity index (χ1n) is 7.70. The Kier molecular flexibility index (Phi) is 6.81. The molecule has 0 radical (unpaired) electrons. The van der Waals surface area contributed by atoms with Crippen LogP contribution >= 0.6 is 0 Å². The number of carbonyl (C=O) groups is 1. The first-order valence-corrected chi connectivity index (χ1v) is 7.70. The molecule has 0 spiro atoms. The number of hydrogen-bond acceptors (Lipinski definition) is 3. The number of rotatable bonds is 7. The maximum Gasteiger partial charge on any atom is 0.322 e. The van der Waals surface area contributed by atoms with Crippen molar-refractivity contribution in [2.45, 2.75) is 6.54 Å². The van der Waals surface area contributed by atoms with Crippen molar-refractivity contribution < 1.29 is 19.0 Å². The predicted molar refractivity (Wildman–Crippen MR) is 93.7 cm³/mol. The van der Waals surface area contributed by atoms with Gasteiger partial charge in [0.15, 0.2) is 0 Å². The quantitative estimate of drug-likeness (QED) is 0.761. The van der Waals surface area contributed by atoms with E-state index in [1.807, 2.05) is 30.3 Å². The van der Waals surface area contributed by atoms with Crippen molar-refractivity contribution >= 4 is 11.7 Å². The van der Waals surface area contributed by atoms with Gasteiger partial charge in [-0.1, -0.05) is 36.3 Å². The van der Waals surface area contributed by atoms with Gasteiger partial charge in [-0.3, -0.25) is 0 Å². The summed E-state index contributed by atoms with van der Waals surface area (Å²) >= 11 is 0. The number of anilines is 1. The largest absolute Gasteiger partial charge is 0.479 e. The Hall–Kier alpha value is -3.04. The Labute approximate surface area is 146 Å². The molecular weight excluding hydrogens is 323 g/mol. The molecule has 0 aliphatic rings. The molecule has 0 saturated heterocycles. The van der Waals surface area contributed by atoms with E-state index >= 15 is 0 Å². The van der Waals surface area contributed by atoms with Gasteiger partial charge >= 0.3 is 6.03 Å². The zero-order valence-corrected chi connectivity index (χ0v) is 13.6. The standard InChI is InChI=1S/C19H19FN2O3/c1-2-12-25-18-9-8-16(20)13-17(18)21-19(24)22(10-11-23)14-15-6-4-3-5-7-15/h1,3-9,13,23H,10-12,14H2,(H,21,24). The Morgan fingerprint density at radius 3 is 2.72 bits per heavy atom. The average molecular weight is 342 g/mol. The van der Waals surface area contributed by atoms with Crippen LogP contribution in [-0.4, -0.2) is 35.8 Å². The van der Waals surface area contributed by atoms with Crippen LogP contribution in [0.25, 0.3) is 0 Å². The van der Waals surface area contributed by atoms with E-state index in [0.717, 1.165) is 11.6 Å². The zero-order valence-electron chi connectivity index (χ0n) is 13.6. The summed E-state index contributed by atoms with van der Waals surface area (Å²) in [6, 6.07) is 12.7. The number of nitrogens with one attached hydrogen (secondary N) is 1. The van der Waals surface area contributed by atoms with Crippen LogP contribution in [-0.2, 0) is 6.54 Å². The van der Waals surface area contributed by atoms with E-state index in [2.05, 4.69) is 11.2 Å². The number of halogens is 1. The molecule has 2 rings (SSSR count). The highest BCUT2D eigenvalue weighted by atomic mass is 19.1. The van der Waals surface area contributed by atoms with Gasteiger partial charge in [0.25, 0.3) is 0 Å². The smallest absolute Gasteiger partial charge is 0.322 e. The lowest BCUT2D eigenvalue weighted by Crippen LogP contribution is -2.36. The van der Waals surface area contributed by atoms with E-state index in [0.29, 0.717) is 6.54 Å². The topological polar surface area (TPSA) is 61.8 Å². The zero-order chi connectivity index (χ0) is 18.1. The molecule has 0 atom stereocenters. The van der Waals surface area contributed by atoms with Crippen LogP contribution in [0.1, 0.15) is 5.56 Å². The Bertz CT molecular complexity index is 744. The highest BCUT2D eigenvalue weighted by Gasteiger charge is 2.16. The van der Waals surface area contributed by atoms with E-state index in [4.69, 9.17) is 11.2 Å². The molecule has 0 fully saturated rings. The normalized spacial score (nSPS) is 9.96. The van der Waals surface area contributed by atoms with Crippen molar-refractivity contribution in [2.24, 2.45) is 0 Å². The summed E-state index contributed by atoms with van der Waals surface area (Å²) in [5, 5.41) is 11.8. The molecule has 25 heavy (non-hydrogen) atoms. The van der Waals surface area contributed by atoms with Crippen molar-refractivity contribution in [2.75, 3.05) is 25.1 Å². The lowest BCUT2D eigenvalue weighted by molar-refractivity contribution is 0.185. The number of benzene rings is 2. The molecule has 0 heterocycles. The molecule has 0 bridgehead atoms. The lowest BCUT2D eigenvalue weighted by Gasteiger charge is -2.23. The average Bonchev–Trinajstić information content (AvgIpc) is 2.61. The fourth-order valence-electron chi connectivity index (χ4n) is 2.22. The molecule has 2 amide bonds.